The van der Waals surface area contributed by atoms with Gasteiger partial charge in [-0.05, 0) is 39.2 Å². The number of aliphatic hydroxyl groups is 1. The van der Waals surface area contributed by atoms with E-state index in [-0.39, 0.29) is 12.5 Å². The van der Waals surface area contributed by atoms with Crippen molar-refractivity contribution in [1.29, 1.82) is 0 Å². The molecular formula is C20H28N2O4. The van der Waals surface area contributed by atoms with E-state index in [1.807, 2.05) is 56.0 Å². The van der Waals surface area contributed by atoms with Gasteiger partial charge in [0.1, 0.15) is 5.60 Å². The normalized spacial score (nSPS) is 26.5. The Morgan fingerprint density at radius 3 is 2.50 bits per heavy atom. The van der Waals surface area contributed by atoms with Gasteiger partial charge >= 0.3 is 6.09 Å². The number of rotatable bonds is 2. The van der Waals surface area contributed by atoms with E-state index in [4.69, 9.17) is 4.74 Å². The van der Waals surface area contributed by atoms with Crippen LogP contribution in [0.5, 0.6) is 0 Å². The summed E-state index contributed by atoms with van der Waals surface area (Å²) in [6.45, 7) is 7.20. The van der Waals surface area contributed by atoms with Gasteiger partial charge in [0, 0.05) is 19.6 Å². The Kier molecular flexibility index (Phi) is 4.97. The second-order valence-electron chi connectivity index (χ2n) is 8.31. The molecule has 1 aromatic carbocycles. The summed E-state index contributed by atoms with van der Waals surface area (Å²) in [6.07, 6.45) is -0.200. The number of carbonyl (C=O) groups excluding carboxylic acids is 2. The molecule has 0 bridgehead atoms. The van der Waals surface area contributed by atoms with E-state index in [0.717, 1.165) is 5.56 Å². The fourth-order valence-electron chi connectivity index (χ4n) is 3.82. The smallest absolute Gasteiger partial charge is 0.410 e. The van der Waals surface area contributed by atoms with Crippen LogP contribution < -0.4 is 0 Å². The first-order valence-electron chi connectivity index (χ1n) is 9.21. The van der Waals surface area contributed by atoms with Gasteiger partial charge in [-0.1, -0.05) is 30.3 Å². The fraction of sp³-hybridized carbons (Fsp3) is 0.600. The van der Waals surface area contributed by atoms with Crippen molar-refractivity contribution < 1.29 is 19.4 Å². The number of hydrogen-bond acceptors (Lipinski definition) is 4. The Bertz CT molecular complexity index is 670. The highest BCUT2D eigenvalue weighted by atomic mass is 16.6. The first kappa shape index (κ1) is 18.7. The second kappa shape index (κ2) is 6.91. The van der Waals surface area contributed by atoms with Gasteiger partial charge in [0.2, 0.25) is 5.91 Å². The average molecular weight is 360 g/mol. The van der Waals surface area contributed by atoms with Gasteiger partial charge in [-0.15, -0.1) is 0 Å². The Morgan fingerprint density at radius 2 is 1.88 bits per heavy atom. The van der Waals surface area contributed by atoms with Crippen LogP contribution in [0, 0.1) is 5.41 Å². The minimum absolute atomic E-state index is 0.00214. The molecule has 2 atom stereocenters. The molecule has 2 amide bonds. The summed E-state index contributed by atoms with van der Waals surface area (Å²) >= 11 is 0. The number of likely N-dealkylation sites (tertiary alicyclic amines) is 2. The van der Waals surface area contributed by atoms with E-state index in [1.54, 1.807) is 0 Å². The first-order valence-corrected chi connectivity index (χ1v) is 9.21. The fourth-order valence-corrected chi connectivity index (χ4v) is 3.82. The SMILES string of the molecule is CC(C)(C)OC(=O)N1CCC2(CCN(Cc3ccccc3)C2=O)C(O)C1. The number of hydrogen-bond donors (Lipinski definition) is 1. The summed E-state index contributed by atoms with van der Waals surface area (Å²) in [5.41, 5.74) is -0.265. The first-order chi connectivity index (χ1) is 12.2. The Balaban J connectivity index is 1.65. The number of β-amino-alcohol motifs (C(OH)–C–C–N with tert-alkyl or cyclic N) is 1. The van der Waals surface area contributed by atoms with E-state index in [2.05, 4.69) is 0 Å². The third kappa shape index (κ3) is 3.70. The second-order valence-corrected chi connectivity index (χ2v) is 8.31. The number of piperidine rings is 1. The van der Waals surface area contributed by atoms with E-state index in [0.29, 0.717) is 32.5 Å². The van der Waals surface area contributed by atoms with Crippen molar-refractivity contribution in [3.05, 3.63) is 35.9 Å². The molecule has 0 radical (unpaired) electrons. The molecule has 6 heteroatoms. The molecule has 6 nitrogen and oxygen atoms in total. The topological polar surface area (TPSA) is 70.1 Å². The molecule has 0 aromatic heterocycles. The zero-order chi connectivity index (χ0) is 18.9. The summed E-state index contributed by atoms with van der Waals surface area (Å²) in [5, 5.41) is 10.7. The lowest BCUT2D eigenvalue weighted by Gasteiger charge is -2.42. The minimum atomic E-state index is -0.864. The van der Waals surface area contributed by atoms with E-state index >= 15 is 0 Å². The number of nitrogens with zero attached hydrogens (tertiary/aromatic N) is 2. The predicted molar refractivity (Wildman–Crippen MR) is 97.3 cm³/mol. The van der Waals surface area contributed by atoms with Gasteiger partial charge in [-0.3, -0.25) is 4.79 Å². The van der Waals surface area contributed by atoms with Crippen molar-refractivity contribution in [3.63, 3.8) is 0 Å². The van der Waals surface area contributed by atoms with Crippen molar-refractivity contribution in [1.82, 2.24) is 9.80 Å². The summed E-state index contributed by atoms with van der Waals surface area (Å²) in [7, 11) is 0. The highest BCUT2D eigenvalue weighted by Gasteiger charge is 2.54. The molecule has 3 rings (SSSR count). The van der Waals surface area contributed by atoms with Crippen LogP contribution in [0.2, 0.25) is 0 Å². The number of ether oxygens (including phenoxy) is 1. The summed E-state index contributed by atoms with van der Waals surface area (Å²) < 4.78 is 5.38. The third-order valence-electron chi connectivity index (χ3n) is 5.27. The molecule has 0 aliphatic carbocycles. The molecule has 0 saturated carbocycles. The van der Waals surface area contributed by atoms with Gasteiger partial charge in [0.15, 0.2) is 0 Å². The van der Waals surface area contributed by atoms with Gasteiger partial charge < -0.3 is 19.6 Å². The van der Waals surface area contributed by atoms with Crippen LogP contribution >= 0.6 is 0 Å². The van der Waals surface area contributed by atoms with Crippen LogP contribution in [-0.4, -0.2) is 58.2 Å². The molecule has 1 N–H and O–H groups in total. The van der Waals surface area contributed by atoms with Crippen molar-refractivity contribution in [2.45, 2.75) is 51.9 Å². The number of amides is 2. The summed E-state index contributed by atoms with van der Waals surface area (Å²) in [5.74, 6) is -0.00214. The van der Waals surface area contributed by atoms with Crippen molar-refractivity contribution in [3.8, 4) is 0 Å². The zero-order valence-corrected chi connectivity index (χ0v) is 15.8. The largest absolute Gasteiger partial charge is 0.444 e. The van der Waals surface area contributed by atoms with Crippen molar-refractivity contribution >= 4 is 12.0 Å². The molecule has 142 valence electrons. The maximum Gasteiger partial charge on any atom is 0.410 e. The standard InChI is InChI=1S/C20H28N2O4/c1-19(2,3)26-18(25)22-12-10-20(16(23)14-22)9-11-21(17(20)24)13-15-7-5-4-6-8-15/h4-8,16,23H,9-14H2,1-3H3. The van der Waals surface area contributed by atoms with Crippen LogP contribution in [0.25, 0.3) is 0 Å². The molecule has 2 fully saturated rings. The van der Waals surface area contributed by atoms with Crippen LogP contribution in [0.15, 0.2) is 30.3 Å². The molecule has 1 aromatic rings. The van der Waals surface area contributed by atoms with Gasteiger partial charge in [0.05, 0.1) is 18.1 Å². The molecule has 2 aliphatic rings. The van der Waals surface area contributed by atoms with E-state index in [9.17, 15) is 14.7 Å². The quantitative estimate of drug-likeness (QED) is 0.879. The third-order valence-corrected chi connectivity index (χ3v) is 5.27. The minimum Gasteiger partial charge on any atom is -0.444 e. The number of benzene rings is 1. The van der Waals surface area contributed by atoms with Crippen LogP contribution in [0.3, 0.4) is 0 Å². The monoisotopic (exact) mass is 360 g/mol. The van der Waals surface area contributed by atoms with Gasteiger partial charge in [-0.2, -0.15) is 0 Å². The van der Waals surface area contributed by atoms with Gasteiger partial charge in [0.25, 0.3) is 0 Å². The van der Waals surface area contributed by atoms with Crippen LogP contribution in [0.4, 0.5) is 4.79 Å². The maximum absolute atomic E-state index is 13.0. The molecule has 2 unspecified atom stereocenters. The Labute approximate surface area is 154 Å². The zero-order valence-electron chi connectivity index (χ0n) is 15.8. The maximum atomic E-state index is 13.0. The Hall–Kier alpha value is -2.08. The number of aliphatic hydroxyl groups excluding tert-OH is 1. The molecule has 26 heavy (non-hydrogen) atoms. The van der Waals surface area contributed by atoms with Crippen LogP contribution in [-0.2, 0) is 16.1 Å². The molecule has 1 spiro atoms. The molecule has 2 saturated heterocycles. The lowest BCUT2D eigenvalue weighted by molar-refractivity contribution is -0.147. The molecule has 2 heterocycles. The van der Waals surface area contributed by atoms with E-state index < -0.39 is 23.2 Å². The van der Waals surface area contributed by atoms with Crippen molar-refractivity contribution in [2.75, 3.05) is 19.6 Å². The van der Waals surface area contributed by atoms with Crippen LogP contribution in [0.1, 0.15) is 39.2 Å². The average Bonchev–Trinajstić information content (AvgIpc) is 2.87. The summed E-state index contributed by atoms with van der Waals surface area (Å²) in [4.78, 5) is 28.6. The highest BCUT2D eigenvalue weighted by Crippen LogP contribution is 2.42. The van der Waals surface area contributed by atoms with Crippen molar-refractivity contribution in [2.24, 2.45) is 5.41 Å². The Morgan fingerprint density at radius 1 is 1.23 bits per heavy atom. The van der Waals surface area contributed by atoms with Gasteiger partial charge in [-0.25, -0.2) is 4.79 Å². The summed E-state index contributed by atoms with van der Waals surface area (Å²) in [6, 6.07) is 9.87. The lowest BCUT2D eigenvalue weighted by atomic mass is 9.75. The number of carbonyl (C=O) groups is 2. The molecule has 2 aliphatic heterocycles. The van der Waals surface area contributed by atoms with E-state index in [1.165, 1.54) is 4.90 Å². The lowest BCUT2D eigenvalue weighted by Crippen LogP contribution is -2.56. The molecular weight excluding hydrogens is 332 g/mol. The predicted octanol–water partition coefficient (Wildman–Crippen LogP) is 2.41. The highest BCUT2D eigenvalue weighted by molar-refractivity contribution is 5.86.